The number of carbonyl (C=O) groups excluding carboxylic acids is 1. The van der Waals surface area contributed by atoms with Gasteiger partial charge in [-0.05, 0) is 77.0 Å². The van der Waals surface area contributed by atoms with Crippen molar-refractivity contribution in [2.45, 2.75) is 402 Å². The molecule has 0 aromatic carbocycles. The van der Waals surface area contributed by atoms with Crippen LogP contribution in [0.25, 0.3) is 0 Å². The molecule has 97 heavy (non-hydrogen) atoms. The van der Waals surface area contributed by atoms with E-state index in [1.54, 1.807) is 6.08 Å². The summed E-state index contributed by atoms with van der Waals surface area (Å²) in [4.78, 5) is 13.4. The van der Waals surface area contributed by atoms with Crippen molar-refractivity contribution in [3.63, 3.8) is 0 Å². The van der Waals surface area contributed by atoms with Crippen LogP contribution in [-0.2, 0) is 23.7 Å². The highest BCUT2D eigenvalue weighted by Crippen LogP contribution is 2.30. The van der Waals surface area contributed by atoms with Gasteiger partial charge in [0.05, 0.1) is 32.0 Å². The van der Waals surface area contributed by atoms with E-state index in [0.717, 1.165) is 89.9 Å². The number of amides is 1. The molecule has 2 rings (SSSR count). The van der Waals surface area contributed by atoms with Crippen molar-refractivity contribution in [2.24, 2.45) is 0 Å². The first-order valence-corrected chi connectivity index (χ1v) is 40.0. The Balaban J connectivity index is 1.64. The van der Waals surface area contributed by atoms with Crippen molar-refractivity contribution >= 4 is 5.91 Å². The summed E-state index contributed by atoms with van der Waals surface area (Å²) in [5.41, 5.74) is 0. The lowest BCUT2D eigenvalue weighted by Gasteiger charge is -2.46. The number of aliphatic hydroxyl groups is 8. The summed E-state index contributed by atoms with van der Waals surface area (Å²) in [7, 11) is 0. The molecule has 0 radical (unpaired) electrons. The minimum absolute atomic E-state index is 0.245. The average molecular weight is 1370 g/mol. The van der Waals surface area contributed by atoms with Crippen molar-refractivity contribution in [3.8, 4) is 0 Å². The van der Waals surface area contributed by atoms with Crippen LogP contribution in [0.1, 0.15) is 328 Å². The van der Waals surface area contributed by atoms with Gasteiger partial charge in [0.25, 0.3) is 0 Å². The van der Waals surface area contributed by atoms with Crippen LogP contribution in [-0.4, -0.2) is 140 Å². The van der Waals surface area contributed by atoms with Gasteiger partial charge in [-0.2, -0.15) is 0 Å². The normalized spacial score (nSPS) is 22.7. The third-order valence-electron chi connectivity index (χ3n) is 19.0. The van der Waals surface area contributed by atoms with Crippen molar-refractivity contribution < 1.29 is 64.6 Å². The monoisotopic (exact) mass is 1370 g/mol. The summed E-state index contributed by atoms with van der Waals surface area (Å²) in [5.74, 6) is -0.245. The number of nitrogens with one attached hydrogen (secondary N) is 1. The molecule has 14 nitrogen and oxygen atoms in total. The molecule has 562 valence electrons. The quantitative estimate of drug-likeness (QED) is 0.0204. The smallest absolute Gasteiger partial charge is 0.220 e. The lowest BCUT2D eigenvalue weighted by Crippen LogP contribution is -2.65. The number of rotatable bonds is 66. The number of ether oxygens (including phenoxy) is 4. The van der Waals surface area contributed by atoms with Gasteiger partial charge in [0.1, 0.15) is 48.8 Å². The molecule has 12 unspecified atom stereocenters. The molecule has 1 amide bonds. The van der Waals surface area contributed by atoms with Crippen LogP contribution >= 0.6 is 0 Å². The molecule has 0 aliphatic carbocycles. The zero-order chi connectivity index (χ0) is 70.1. The van der Waals surface area contributed by atoms with E-state index < -0.39 is 86.8 Å². The number of unbranched alkanes of at least 4 members (excludes halogenated alkanes) is 39. The number of hydrogen-bond donors (Lipinski definition) is 9. The van der Waals surface area contributed by atoms with E-state index in [1.165, 1.54) is 212 Å². The molecular formula is C83H147NO13. The summed E-state index contributed by atoms with van der Waals surface area (Å²) in [6, 6.07) is -0.927. The van der Waals surface area contributed by atoms with E-state index in [-0.39, 0.29) is 18.9 Å². The van der Waals surface area contributed by atoms with Crippen LogP contribution in [0.3, 0.4) is 0 Å². The van der Waals surface area contributed by atoms with Crippen molar-refractivity contribution in [1.82, 2.24) is 5.32 Å². The Morgan fingerprint density at radius 3 is 1.09 bits per heavy atom. The third-order valence-corrected chi connectivity index (χ3v) is 19.0. The maximum atomic E-state index is 13.4. The van der Waals surface area contributed by atoms with Crippen LogP contribution in [0.15, 0.2) is 97.2 Å². The fraction of sp³-hybridized carbons (Fsp3) is 0.795. The molecule has 2 aliphatic rings. The molecule has 2 aliphatic heterocycles. The molecule has 2 fully saturated rings. The molecule has 2 heterocycles. The summed E-state index contributed by atoms with van der Waals surface area (Å²) in [6.45, 7) is 2.72. The van der Waals surface area contributed by atoms with Gasteiger partial charge in [-0.25, -0.2) is 0 Å². The second-order valence-electron chi connectivity index (χ2n) is 27.8. The summed E-state index contributed by atoms with van der Waals surface area (Å²) >= 11 is 0. The Hall–Kier alpha value is -3.09. The molecule has 2 saturated heterocycles. The highest BCUT2D eigenvalue weighted by atomic mass is 16.7. The van der Waals surface area contributed by atoms with E-state index in [4.69, 9.17) is 18.9 Å². The Morgan fingerprint density at radius 2 is 0.711 bits per heavy atom. The minimum atomic E-state index is -1.79. The summed E-state index contributed by atoms with van der Waals surface area (Å²) in [5, 5.41) is 87.7. The largest absolute Gasteiger partial charge is 0.394 e. The van der Waals surface area contributed by atoms with E-state index >= 15 is 0 Å². The molecule has 14 heteroatoms. The second kappa shape index (κ2) is 66.2. The zero-order valence-corrected chi connectivity index (χ0v) is 61.6. The number of carbonyl (C=O) groups is 1. The van der Waals surface area contributed by atoms with E-state index in [9.17, 15) is 45.6 Å². The fourth-order valence-electron chi connectivity index (χ4n) is 12.7. The third kappa shape index (κ3) is 49.2. The van der Waals surface area contributed by atoms with Gasteiger partial charge in [0, 0.05) is 6.42 Å². The van der Waals surface area contributed by atoms with Gasteiger partial charge in [0.2, 0.25) is 5.91 Å². The summed E-state index contributed by atoms with van der Waals surface area (Å²) < 4.78 is 22.9. The zero-order valence-electron chi connectivity index (χ0n) is 61.6. The Labute approximate surface area is 592 Å². The first-order chi connectivity index (χ1) is 47.6. The molecule has 12 atom stereocenters. The van der Waals surface area contributed by atoms with Crippen LogP contribution < -0.4 is 5.32 Å². The maximum absolute atomic E-state index is 13.4. The second-order valence-corrected chi connectivity index (χ2v) is 27.8. The number of allylic oxidation sites excluding steroid dienone is 15. The summed E-state index contributed by atoms with van der Waals surface area (Å²) in [6.07, 6.45) is 77.6. The predicted molar refractivity (Wildman–Crippen MR) is 401 cm³/mol. The van der Waals surface area contributed by atoms with E-state index in [2.05, 4.69) is 104 Å². The molecule has 0 spiro atoms. The van der Waals surface area contributed by atoms with Crippen LogP contribution in [0.5, 0.6) is 0 Å². The molecule has 9 N–H and O–H groups in total. The van der Waals surface area contributed by atoms with Gasteiger partial charge in [-0.15, -0.1) is 0 Å². The molecule has 0 aromatic rings. The van der Waals surface area contributed by atoms with Crippen molar-refractivity contribution in [1.29, 1.82) is 0 Å². The van der Waals surface area contributed by atoms with Gasteiger partial charge in [-0.3, -0.25) is 4.79 Å². The fourth-order valence-corrected chi connectivity index (χ4v) is 12.7. The van der Waals surface area contributed by atoms with Gasteiger partial charge in [0.15, 0.2) is 12.6 Å². The highest BCUT2D eigenvalue weighted by Gasteiger charge is 2.51. The van der Waals surface area contributed by atoms with Crippen LogP contribution in [0, 0.1) is 0 Å². The van der Waals surface area contributed by atoms with Crippen molar-refractivity contribution in [3.05, 3.63) is 97.2 Å². The average Bonchev–Trinajstić information content (AvgIpc) is 0.794. The molecular weight excluding hydrogens is 1220 g/mol. The van der Waals surface area contributed by atoms with E-state index in [0.29, 0.717) is 6.42 Å². The number of aliphatic hydroxyl groups excluding tert-OH is 8. The topological polar surface area (TPSA) is 228 Å². The Kier molecular flexibility index (Phi) is 61.4. The van der Waals surface area contributed by atoms with Gasteiger partial charge < -0.3 is 65.1 Å². The SMILES string of the molecule is CC/C=C\C/C=C\C/C=C\C/C=C\C/C=C\C/C=C\C/C=C\CCCCCCCCCCCC(=O)NC(COC1OC(CO)C(OC2OC(CO)C(O)C(O)C2O)C(O)C1O)C(O)/C=C/CCCCCCCCCCCCCCCCCCCCCCCCCCCCCCCC. The highest BCUT2D eigenvalue weighted by molar-refractivity contribution is 5.76. The number of hydrogen-bond acceptors (Lipinski definition) is 13. The predicted octanol–water partition coefficient (Wildman–Crippen LogP) is 18.1. The standard InChI is InChI=1S/C83H147NO13/c1-3-5-7-9-11-13-15-17-19-21-23-25-27-29-31-33-35-37-38-40-42-44-46-48-50-52-54-56-58-60-62-64-66-72(87)71(70-94-82-80(93)78(91)81(74(69-86)96-82)97-83-79(92)77(90)76(89)73(68-85)95-83)84-75(88)67-65-63-61-59-57-55-53-51-49-47-45-43-41-39-36-34-32-30-28-26-24-22-20-18-16-14-12-10-8-6-4-2/h6,8,12,14,18,20,24,26,30,32,36,39,43,45,64,66,71-74,76-83,85-87,89-93H,3-5,7,9-11,13,15-17,19,21-23,25,27-29,31,33-35,37-38,40-42,44,46-63,65,67-70H2,1-2H3,(H,84,88)/b8-6-,14-12-,20-18-,26-24-,32-30-,39-36-,45-43-,66-64+. The molecule has 0 bridgehead atoms. The lowest BCUT2D eigenvalue weighted by molar-refractivity contribution is -0.359. The Morgan fingerprint density at radius 1 is 0.381 bits per heavy atom. The van der Waals surface area contributed by atoms with Crippen molar-refractivity contribution in [2.75, 3.05) is 19.8 Å². The first-order valence-electron chi connectivity index (χ1n) is 40.0. The molecule has 0 aromatic heterocycles. The minimum Gasteiger partial charge on any atom is -0.394 e. The lowest BCUT2D eigenvalue weighted by atomic mass is 9.97. The van der Waals surface area contributed by atoms with Crippen LogP contribution in [0.2, 0.25) is 0 Å². The van der Waals surface area contributed by atoms with Gasteiger partial charge >= 0.3 is 0 Å². The molecule has 0 saturated carbocycles. The van der Waals surface area contributed by atoms with E-state index in [1.807, 2.05) is 6.08 Å². The first kappa shape index (κ1) is 90.0. The van der Waals surface area contributed by atoms with Gasteiger partial charge in [-0.1, -0.05) is 342 Å². The Bertz CT molecular complexity index is 2000. The maximum Gasteiger partial charge on any atom is 0.220 e. The van der Waals surface area contributed by atoms with Crippen LogP contribution in [0.4, 0.5) is 0 Å².